The van der Waals surface area contributed by atoms with Crippen molar-refractivity contribution in [2.75, 3.05) is 26.8 Å². The summed E-state index contributed by atoms with van der Waals surface area (Å²) in [6.07, 6.45) is 0. The Labute approximate surface area is 172 Å². The quantitative estimate of drug-likeness (QED) is 0.292. The molecule has 1 unspecified atom stereocenters. The summed E-state index contributed by atoms with van der Waals surface area (Å²) in [4.78, 5) is 21.0. The number of guanidine groups is 1. The fourth-order valence-electron chi connectivity index (χ4n) is 2.35. The number of nitrogens with one attached hydrogen (secondary N) is 2. The third-order valence-electron chi connectivity index (χ3n) is 3.78. The van der Waals surface area contributed by atoms with E-state index in [1.807, 2.05) is 6.92 Å². The predicted octanol–water partition coefficient (Wildman–Crippen LogP) is 3.21. The number of aromatic nitrogens is 1. The lowest BCUT2D eigenvalue weighted by molar-refractivity contribution is 0.0531. The molecule has 1 aromatic carbocycles. The Kier molecular flexibility index (Phi) is 8.32. The number of thiazole rings is 1. The maximum atomic E-state index is 13.2. The minimum Gasteiger partial charge on any atom is -0.492 e. The van der Waals surface area contributed by atoms with Crippen molar-refractivity contribution in [3.8, 4) is 5.75 Å². The zero-order valence-electron chi connectivity index (χ0n) is 16.7. The van der Waals surface area contributed by atoms with Crippen LogP contribution < -0.4 is 15.4 Å². The molecule has 7 nitrogen and oxygen atoms in total. The molecule has 0 radical (unpaired) electrons. The molecule has 2 N–H and O–H groups in total. The summed E-state index contributed by atoms with van der Waals surface area (Å²) in [5.41, 5.74) is 0.625. The standard InChI is InChI=1S/C19H24F2N4O3S/c1-5-27-18(26)16-11(2)24-17(29-16)12(3)25-19(22-4)23-8-9-28-13-6-7-14(20)15(21)10-13/h6-7,10,12H,5,8-9H2,1-4H3,(H2,22,23,25). The van der Waals surface area contributed by atoms with Gasteiger partial charge in [0.1, 0.15) is 22.2 Å². The van der Waals surface area contributed by atoms with Gasteiger partial charge in [-0.15, -0.1) is 11.3 Å². The highest BCUT2D eigenvalue weighted by atomic mass is 32.1. The number of esters is 1. The van der Waals surface area contributed by atoms with Gasteiger partial charge in [0.2, 0.25) is 0 Å². The van der Waals surface area contributed by atoms with Gasteiger partial charge in [-0.2, -0.15) is 0 Å². The number of aliphatic imine (C=N–C) groups is 1. The number of benzene rings is 1. The second-order valence-electron chi connectivity index (χ2n) is 5.98. The SMILES string of the molecule is CCOC(=O)c1sc(C(C)NC(=NC)NCCOc2ccc(F)c(F)c2)nc1C. The molecule has 0 saturated heterocycles. The highest BCUT2D eigenvalue weighted by molar-refractivity contribution is 7.13. The van der Waals surface area contributed by atoms with Gasteiger partial charge in [-0.3, -0.25) is 4.99 Å². The molecule has 1 heterocycles. The van der Waals surface area contributed by atoms with Crippen molar-refractivity contribution in [3.63, 3.8) is 0 Å². The van der Waals surface area contributed by atoms with E-state index in [1.54, 1.807) is 20.9 Å². The third-order valence-corrected chi connectivity index (χ3v) is 5.10. The molecule has 29 heavy (non-hydrogen) atoms. The number of halogens is 2. The minimum absolute atomic E-state index is 0.194. The summed E-state index contributed by atoms with van der Waals surface area (Å²) < 4.78 is 36.5. The molecule has 0 spiro atoms. The molecule has 0 aliphatic carbocycles. The van der Waals surface area contributed by atoms with E-state index in [0.29, 0.717) is 29.7 Å². The monoisotopic (exact) mass is 426 g/mol. The summed E-state index contributed by atoms with van der Waals surface area (Å²) in [6, 6.07) is 3.18. The Bertz CT molecular complexity index is 873. The molecule has 0 aliphatic rings. The van der Waals surface area contributed by atoms with Crippen molar-refractivity contribution in [1.29, 1.82) is 0 Å². The molecule has 1 aromatic heterocycles. The Morgan fingerprint density at radius 2 is 2.10 bits per heavy atom. The average molecular weight is 426 g/mol. The van der Waals surface area contributed by atoms with E-state index in [2.05, 4.69) is 20.6 Å². The molecule has 2 aromatic rings. The van der Waals surface area contributed by atoms with Gasteiger partial charge in [0.05, 0.1) is 24.9 Å². The lowest BCUT2D eigenvalue weighted by Crippen LogP contribution is -2.40. The molecule has 1 atom stereocenters. The van der Waals surface area contributed by atoms with Crippen LogP contribution in [0.25, 0.3) is 0 Å². The van der Waals surface area contributed by atoms with E-state index in [0.717, 1.165) is 17.1 Å². The smallest absolute Gasteiger partial charge is 0.350 e. The van der Waals surface area contributed by atoms with E-state index in [9.17, 15) is 13.6 Å². The molecular weight excluding hydrogens is 402 g/mol. The number of carbonyl (C=O) groups excluding carboxylic acids is 1. The van der Waals surface area contributed by atoms with E-state index in [1.165, 1.54) is 17.4 Å². The van der Waals surface area contributed by atoms with Crippen molar-refractivity contribution < 1.29 is 23.0 Å². The number of aryl methyl sites for hydroxylation is 1. The molecule has 0 bridgehead atoms. The van der Waals surface area contributed by atoms with Crippen LogP contribution in [0.1, 0.15) is 40.3 Å². The van der Waals surface area contributed by atoms with Gasteiger partial charge in [-0.05, 0) is 32.9 Å². The first-order valence-electron chi connectivity index (χ1n) is 9.05. The fraction of sp³-hybridized carbons (Fsp3) is 0.421. The molecule has 0 fully saturated rings. The summed E-state index contributed by atoms with van der Waals surface area (Å²) in [6.45, 7) is 6.34. The van der Waals surface area contributed by atoms with Crippen LogP contribution in [0.3, 0.4) is 0 Å². The van der Waals surface area contributed by atoms with Crippen molar-refractivity contribution in [3.05, 3.63) is 45.4 Å². The van der Waals surface area contributed by atoms with Crippen LogP contribution >= 0.6 is 11.3 Å². The summed E-state index contributed by atoms with van der Waals surface area (Å²) in [7, 11) is 1.62. The van der Waals surface area contributed by atoms with E-state index < -0.39 is 11.6 Å². The first-order chi connectivity index (χ1) is 13.8. The number of hydrogen-bond acceptors (Lipinski definition) is 6. The first kappa shape index (κ1) is 22.5. The zero-order chi connectivity index (χ0) is 21.4. The van der Waals surface area contributed by atoms with Gasteiger partial charge in [0.15, 0.2) is 17.6 Å². The van der Waals surface area contributed by atoms with Crippen LogP contribution in [-0.4, -0.2) is 43.7 Å². The molecule has 0 saturated carbocycles. The van der Waals surface area contributed by atoms with Crippen molar-refractivity contribution in [1.82, 2.24) is 15.6 Å². The number of hydrogen-bond donors (Lipinski definition) is 2. The highest BCUT2D eigenvalue weighted by Gasteiger charge is 2.20. The van der Waals surface area contributed by atoms with Crippen molar-refractivity contribution in [2.24, 2.45) is 4.99 Å². The van der Waals surface area contributed by atoms with Crippen LogP contribution in [0.2, 0.25) is 0 Å². The van der Waals surface area contributed by atoms with Crippen LogP contribution in [0.4, 0.5) is 8.78 Å². The highest BCUT2D eigenvalue weighted by Crippen LogP contribution is 2.24. The van der Waals surface area contributed by atoms with Crippen LogP contribution in [0, 0.1) is 18.6 Å². The van der Waals surface area contributed by atoms with E-state index in [4.69, 9.17) is 9.47 Å². The largest absolute Gasteiger partial charge is 0.492 e. The number of ether oxygens (including phenoxy) is 2. The first-order valence-corrected chi connectivity index (χ1v) is 9.86. The summed E-state index contributed by atoms with van der Waals surface area (Å²) in [5, 5.41) is 6.97. The van der Waals surface area contributed by atoms with E-state index in [-0.39, 0.29) is 24.4 Å². The second-order valence-corrected chi connectivity index (χ2v) is 7.01. The maximum absolute atomic E-state index is 13.2. The van der Waals surface area contributed by atoms with Crippen molar-refractivity contribution in [2.45, 2.75) is 26.8 Å². The number of rotatable bonds is 8. The average Bonchev–Trinajstić information content (AvgIpc) is 3.09. The lowest BCUT2D eigenvalue weighted by atomic mass is 10.3. The number of carbonyl (C=O) groups is 1. The second kappa shape index (κ2) is 10.7. The molecule has 0 amide bonds. The Balaban J connectivity index is 1.85. The zero-order valence-corrected chi connectivity index (χ0v) is 17.5. The maximum Gasteiger partial charge on any atom is 0.350 e. The molecule has 0 aliphatic heterocycles. The minimum atomic E-state index is -0.956. The topological polar surface area (TPSA) is 84.8 Å². The Hall–Kier alpha value is -2.75. The van der Waals surface area contributed by atoms with Gasteiger partial charge in [0, 0.05) is 13.1 Å². The Morgan fingerprint density at radius 1 is 1.34 bits per heavy atom. The van der Waals surface area contributed by atoms with Crippen molar-refractivity contribution >= 4 is 23.3 Å². The summed E-state index contributed by atoms with van der Waals surface area (Å²) in [5.74, 6) is -1.50. The molecule has 10 heteroatoms. The fourth-order valence-corrected chi connectivity index (χ4v) is 3.32. The molecule has 158 valence electrons. The predicted molar refractivity (Wildman–Crippen MR) is 108 cm³/mol. The van der Waals surface area contributed by atoms with Gasteiger partial charge in [-0.1, -0.05) is 0 Å². The normalized spacial score (nSPS) is 12.4. The molecule has 2 rings (SSSR count). The molecular formula is C19H24F2N4O3S. The number of nitrogens with zero attached hydrogens (tertiary/aromatic N) is 2. The van der Waals surface area contributed by atoms with Gasteiger partial charge in [0.25, 0.3) is 0 Å². The van der Waals surface area contributed by atoms with Crippen LogP contribution in [-0.2, 0) is 4.74 Å². The van der Waals surface area contributed by atoms with E-state index >= 15 is 0 Å². The summed E-state index contributed by atoms with van der Waals surface area (Å²) >= 11 is 1.27. The van der Waals surface area contributed by atoms with Crippen LogP contribution in [0.15, 0.2) is 23.2 Å². The third kappa shape index (κ3) is 6.38. The van der Waals surface area contributed by atoms with Gasteiger partial charge in [-0.25, -0.2) is 18.6 Å². The Morgan fingerprint density at radius 3 is 2.76 bits per heavy atom. The van der Waals surface area contributed by atoms with Gasteiger partial charge >= 0.3 is 5.97 Å². The van der Waals surface area contributed by atoms with Crippen LogP contribution in [0.5, 0.6) is 5.75 Å². The lowest BCUT2D eigenvalue weighted by Gasteiger charge is -2.16. The van der Waals surface area contributed by atoms with Gasteiger partial charge < -0.3 is 20.1 Å².